The lowest BCUT2D eigenvalue weighted by atomic mass is 9.94. The predicted octanol–water partition coefficient (Wildman–Crippen LogP) is 3.31. The van der Waals surface area contributed by atoms with Gasteiger partial charge in [-0.15, -0.1) is 0 Å². The van der Waals surface area contributed by atoms with E-state index >= 15 is 0 Å². The van der Waals surface area contributed by atoms with Crippen molar-refractivity contribution in [3.63, 3.8) is 0 Å². The molecule has 0 aliphatic heterocycles. The number of hydrogen-bond acceptors (Lipinski definition) is 3. The minimum atomic E-state index is -0.734. The van der Waals surface area contributed by atoms with Gasteiger partial charge in [-0.3, -0.25) is 9.59 Å². The lowest BCUT2D eigenvalue weighted by molar-refractivity contribution is -0.137. The van der Waals surface area contributed by atoms with E-state index in [-0.39, 0.29) is 12.3 Å². The molecule has 0 aliphatic rings. The lowest BCUT2D eigenvalue weighted by Gasteiger charge is -2.15. The van der Waals surface area contributed by atoms with E-state index < -0.39 is 5.97 Å². The summed E-state index contributed by atoms with van der Waals surface area (Å²) in [6.45, 7) is 4.92. The zero-order valence-electron chi connectivity index (χ0n) is 12.8. The molecule has 5 heteroatoms. The van der Waals surface area contributed by atoms with Crippen LogP contribution in [0.15, 0.2) is 0 Å². The maximum atomic E-state index is 11.6. The van der Waals surface area contributed by atoms with Crippen molar-refractivity contribution in [1.82, 2.24) is 5.32 Å². The van der Waals surface area contributed by atoms with Crippen LogP contribution in [-0.2, 0) is 9.59 Å². The standard InChI is InChI=1S/C15H29NO3S/c1-3-5-11-20-12-14(17)16-10-9-13(6-4-2)7-8-15(18)19/h13H,3-12H2,1-2H3,(H,16,17)(H,18,19). The SMILES string of the molecule is CCCCSCC(=O)NCCC(CCC)CCC(=O)O. The van der Waals surface area contributed by atoms with Gasteiger partial charge in [0, 0.05) is 13.0 Å². The van der Waals surface area contributed by atoms with Crippen molar-refractivity contribution in [1.29, 1.82) is 0 Å². The Balaban J connectivity index is 3.69. The predicted molar refractivity (Wildman–Crippen MR) is 85.1 cm³/mol. The first kappa shape index (κ1) is 19.3. The van der Waals surface area contributed by atoms with Crippen LogP contribution in [0.2, 0.25) is 0 Å². The van der Waals surface area contributed by atoms with Gasteiger partial charge in [0.25, 0.3) is 0 Å². The maximum Gasteiger partial charge on any atom is 0.303 e. The van der Waals surface area contributed by atoms with Gasteiger partial charge in [-0.2, -0.15) is 11.8 Å². The highest BCUT2D eigenvalue weighted by Crippen LogP contribution is 2.17. The van der Waals surface area contributed by atoms with E-state index in [9.17, 15) is 9.59 Å². The molecule has 0 rings (SSSR count). The molecule has 1 amide bonds. The number of carbonyl (C=O) groups excluding carboxylic acids is 1. The van der Waals surface area contributed by atoms with E-state index in [0.29, 0.717) is 24.6 Å². The van der Waals surface area contributed by atoms with Gasteiger partial charge in [-0.25, -0.2) is 0 Å². The van der Waals surface area contributed by atoms with E-state index in [1.165, 1.54) is 0 Å². The van der Waals surface area contributed by atoms with Crippen molar-refractivity contribution >= 4 is 23.6 Å². The summed E-state index contributed by atoms with van der Waals surface area (Å²) in [5.41, 5.74) is 0. The number of carboxylic acid groups (broad SMARTS) is 1. The van der Waals surface area contributed by atoms with Gasteiger partial charge < -0.3 is 10.4 Å². The van der Waals surface area contributed by atoms with Gasteiger partial charge >= 0.3 is 5.97 Å². The molecule has 0 heterocycles. The van der Waals surface area contributed by atoms with Crippen LogP contribution in [0, 0.1) is 5.92 Å². The molecular formula is C15H29NO3S. The highest BCUT2D eigenvalue weighted by atomic mass is 32.2. The van der Waals surface area contributed by atoms with Crippen LogP contribution >= 0.6 is 11.8 Å². The summed E-state index contributed by atoms with van der Waals surface area (Å²) in [4.78, 5) is 22.2. The molecule has 4 nitrogen and oxygen atoms in total. The number of aliphatic carboxylic acids is 1. The largest absolute Gasteiger partial charge is 0.481 e. The minimum absolute atomic E-state index is 0.0968. The first-order valence-corrected chi connectivity index (χ1v) is 8.81. The smallest absolute Gasteiger partial charge is 0.303 e. The van der Waals surface area contributed by atoms with Crippen LogP contribution in [0.1, 0.15) is 58.8 Å². The molecule has 0 saturated heterocycles. The summed E-state index contributed by atoms with van der Waals surface area (Å²) in [7, 11) is 0. The zero-order valence-corrected chi connectivity index (χ0v) is 13.6. The topological polar surface area (TPSA) is 66.4 Å². The summed E-state index contributed by atoms with van der Waals surface area (Å²) >= 11 is 1.68. The van der Waals surface area contributed by atoms with Crippen molar-refractivity contribution in [2.45, 2.75) is 58.8 Å². The van der Waals surface area contributed by atoms with Crippen molar-refractivity contribution in [3.8, 4) is 0 Å². The van der Waals surface area contributed by atoms with E-state index in [1.807, 2.05) is 0 Å². The van der Waals surface area contributed by atoms with Crippen LogP contribution in [0.5, 0.6) is 0 Å². The average Bonchev–Trinajstić information content (AvgIpc) is 2.41. The second kappa shape index (κ2) is 13.3. The van der Waals surface area contributed by atoms with Crippen molar-refractivity contribution in [2.24, 2.45) is 5.92 Å². The van der Waals surface area contributed by atoms with Crippen LogP contribution in [0.25, 0.3) is 0 Å². The molecule has 118 valence electrons. The molecule has 0 bridgehead atoms. The molecule has 0 aromatic carbocycles. The summed E-state index contributed by atoms with van der Waals surface area (Å²) in [6.07, 6.45) is 6.24. The number of hydrogen-bond donors (Lipinski definition) is 2. The van der Waals surface area contributed by atoms with E-state index in [0.717, 1.165) is 37.9 Å². The van der Waals surface area contributed by atoms with E-state index in [1.54, 1.807) is 11.8 Å². The van der Waals surface area contributed by atoms with Crippen molar-refractivity contribution < 1.29 is 14.7 Å². The zero-order chi connectivity index (χ0) is 15.2. The Bertz CT molecular complexity index is 272. The van der Waals surface area contributed by atoms with Crippen LogP contribution in [0.4, 0.5) is 0 Å². The number of nitrogens with one attached hydrogen (secondary N) is 1. The third-order valence-electron chi connectivity index (χ3n) is 3.21. The summed E-state index contributed by atoms with van der Waals surface area (Å²) in [5, 5.41) is 11.6. The van der Waals surface area contributed by atoms with Gasteiger partial charge in [0.15, 0.2) is 0 Å². The normalized spacial score (nSPS) is 12.1. The second-order valence-corrected chi connectivity index (χ2v) is 6.24. The first-order valence-electron chi connectivity index (χ1n) is 7.66. The quantitative estimate of drug-likeness (QED) is 0.512. The number of unbranched alkanes of at least 4 members (excludes halogenated alkanes) is 1. The van der Waals surface area contributed by atoms with Gasteiger partial charge in [0.05, 0.1) is 5.75 Å². The summed E-state index contributed by atoms with van der Waals surface area (Å²) in [6, 6.07) is 0. The second-order valence-electron chi connectivity index (χ2n) is 5.13. The molecule has 20 heavy (non-hydrogen) atoms. The van der Waals surface area contributed by atoms with Crippen LogP contribution in [-0.4, -0.2) is 35.0 Å². The van der Waals surface area contributed by atoms with Crippen molar-refractivity contribution in [3.05, 3.63) is 0 Å². The summed E-state index contributed by atoms with van der Waals surface area (Å²) in [5.74, 6) is 1.35. The molecule has 1 unspecified atom stereocenters. The highest BCUT2D eigenvalue weighted by molar-refractivity contribution is 7.99. The third-order valence-corrected chi connectivity index (χ3v) is 4.26. The summed E-state index contributed by atoms with van der Waals surface area (Å²) < 4.78 is 0. The highest BCUT2D eigenvalue weighted by Gasteiger charge is 2.10. The van der Waals surface area contributed by atoms with Crippen LogP contribution < -0.4 is 5.32 Å². The van der Waals surface area contributed by atoms with Gasteiger partial charge in [0.1, 0.15) is 0 Å². The molecule has 0 saturated carbocycles. The monoisotopic (exact) mass is 303 g/mol. The Labute approximate surface area is 127 Å². The van der Waals surface area contributed by atoms with Gasteiger partial charge in [0.2, 0.25) is 5.91 Å². The number of carboxylic acids is 1. The fraction of sp³-hybridized carbons (Fsp3) is 0.867. The van der Waals surface area contributed by atoms with E-state index in [2.05, 4.69) is 19.2 Å². The van der Waals surface area contributed by atoms with Crippen LogP contribution in [0.3, 0.4) is 0 Å². The third kappa shape index (κ3) is 12.3. The number of thioether (sulfide) groups is 1. The number of amides is 1. The van der Waals surface area contributed by atoms with Crippen molar-refractivity contribution in [2.75, 3.05) is 18.1 Å². The molecule has 2 N–H and O–H groups in total. The Morgan fingerprint density at radius 3 is 2.50 bits per heavy atom. The Morgan fingerprint density at radius 1 is 1.15 bits per heavy atom. The fourth-order valence-corrected chi connectivity index (χ4v) is 2.97. The molecule has 0 fully saturated rings. The fourth-order valence-electron chi connectivity index (χ4n) is 2.05. The number of rotatable bonds is 13. The molecule has 0 radical (unpaired) electrons. The van der Waals surface area contributed by atoms with E-state index in [4.69, 9.17) is 5.11 Å². The molecule has 0 spiro atoms. The minimum Gasteiger partial charge on any atom is -0.481 e. The maximum absolute atomic E-state index is 11.6. The Kier molecular flexibility index (Phi) is 12.8. The van der Waals surface area contributed by atoms with Gasteiger partial charge in [-0.1, -0.05) is 33.1 Å². The first-order chi connectivity index (χ1) is 9.60. The Morgan fingerprint density at radius 2 is 1.90 bits per heavy atom. The molecule has 0 aromatic heterocycles. The Hall–Kier alpha value is -0.710. The molecular weight excluding hydrogens is 274 g/mol. The molecule has 0 aromatic rings. The molecule has 0 aliphatic carbocycles. The van der Waals surface area contributed by atoms with Gasteiger partial charge in [-0.05, 0) is 30.9 Å². The lowest BCUT2D eigenvalue weighted by Crippen LogP contribution is -2.27. The molecule has 1 atom stereocenters. The number of carbonyl (C=O) groups is 2. The average molecular weight is 303 g/mol.